The first-order chi connectivity index (χ1) is 8.97. The molecular formula is C11H5BrF2N2O3. The Hall–Kier alpha value is -2.09. The SMILES string of the molecule is O=[N+]([O-])c1cc(F)ccc1Oc1ncc(Br)cc1F. The molecule has 98 valence electrons. The number of nitrogens with zero attached hydrogens (tertiary/aromatic N) is 2. The van der Waals surface area contributed by atoms with Gasteiger partial charge in [0.15, 0.2) is 5.82 Å². The average molecular weight is 331 g/mol. The number of nitro benzene ring substituents is 1. The van der Waals surface area contributed by atoms with Gasteiger partial charge in [0.05, 0.1) is 11.0 Å². The molecule has 0 aliphatic rings. The Balaban J connectivity index is 2.40. The van der Waals surface area contributed by atoms with E-state index in [1.54, 1.807) is 0 Å². The fourth-order valence-electron chi connectivity index (χ4n) is 1.30. The highest BCUT2D eigenvalue weighted by molar-refractivity contribution is 9.10. The molecule has 0 saturated heterocycles. The standard InChI is InChI=1S/C11H5BrF2N2O3/c12-6-3-8(14)11(15-5-6)19-10-2-1-7(13)4-9(10)16(17)18/h1-5H. The molecule has 0 atom stereocenters. The predicted molar refractivity (Wildman–Crippen MR) is 65.0 cm³/mol. The van der Waals surface area contributed by atoms with Crippen LogP contribution in [0.3, 0.4) is 0 Å². The number of halogens is 3. The van der Waals surface area contributed by atoms with Crippen LogP contribution in [0.5, 0.6) is 11.6 Å². The van der Waals surface area contributed by atoms with E-state index in [4.69, 9.17) is 4.74 Å². The lowest BCUT2D eigenvalue weighted by Gasteiger charge is -2.06. The van der Waals surface area contributed by atoms with Gasteiger partial charge < -0.3 is 4.74 Å². The highest BCUT2D eigenvalue weighted by Gasteiger charge is 2.19. The van der Waals surface area contributed by atoms with E-state index in [-0.39, 0.29) is 5.75 Å². The third kappa shape index (κ3) is 3.02. The minimum absolute atomic E-state index is 0.292. The molecule has 1 aromatic carbocycles. The number of hydrogen-bond donors (Lipinski definition) is 0. The molecule has 0 radical (unpaired) electrons. The Bertz CT molecular complexity index is 652. The lowest BCUT2D eigenvalue weighted by molar-refractivity contribution is -0.385. The van der Waals surface area contributed by atoms with Crippen LogP contribution in [0.25, 0.3) is 0 Å². The van der Waals surface area contributed by atoms with Crippen LogP contribution in [0.4, 0.5) is 14.5 Å². The van der Waals surface area contributed by atoms with Crippen molar-refractivity contribution in [1.29, 1.82) is 0 Å². The van der Waals surface area contributed by atoms with Gasteiger partial charge in [0.25, 0.3) is 5.88 Å². The Kier molecular flexibility index (Phi) is 3.70. The van der Waals surface area contributed by atoms with Crippen LogP contribution in [0.1, 0.15) is 0 Å². The lowest BCUT2D eigenvalue weighted by atomic mass is 10.3. The Morgan fingerprint density at radius 1 is 1.32 bits per heavy atom. The molecule has 0 amide bonds. The summed E-state index contributed by atoms with van der Waals surface area (Å²) in [6.07, 6.45) is 1.27. The van der Waals surface area contributed by atoms with Gasteiger partial charge in [-0.1, -0.05) is 0 Å². The summed E-state index contributed by atoms with van der Waals surface area (Å²) in [7, 11) is 0. The van der Waals surface area contributed by atoms with Crippen molar-refractivity contribution < 1.29 is 18.4 Å². The lowest BCUT2D eigenvalue weighted by Crippen LogP contribution is -1.97. The van der Waals surface area contributed by atoms with Gasteiger partial charge in [-0.25, -0.2) is 13.8 Å². The third-order valence-electron chi connectivity index (χ3n) is 2.10. The number of nitro groups is 1. The van der Waals surface area contributed by atoms with Crippen LogP contribution in [0, 0.1) is 21.7 Å². The largest absolute Gasteiger partial charge is 0.429 e. The van der Waals surface area contributed by atoms with E-state index >= 15 is 0 Å². The Morgan fingerprint density at radius 3 is 2.68 bits per heavy atom. The number of hydrogen-bond acceptors (Lipinski definition) is 4. The van der Waals surface area contributed by atoms with Crippen LogP contribution in [0.15, 0.2) is 34.9 Å². The van der Waals surface area contributed by atoms with Crippen LogP contribution in [-0.2, 0) is 0 Å². The molecule has 8 heteroatoms. The molecule has 0 fully saturated rings. The molecule has 0 unspecified atom stereocenters. The van der Waals surface area contributed by atoms with Crippen LogP contribution in [-0.4, -0.2) is 9.91 Å². The zero-order valence-electron chi connectivity index (χ0n) is 9.14. The second-order valence-electron chi connectivity index (χ2n) is 3.41. The van der Waals surface area contributed by atoms with Gasteiger partial charge in [0.2, 0.25) is 5.75 Å². The van der Waals surface area contributed by atoms with Gasteiger partial charge in [-0.05, 0) is 34.1 Å². The van der Waals surface area contributed by atoms with E-state index in [1.165, 1.54) is 6.20 Å². The van der Waals surface area contributed by atoms with Crippen LogP contribution < -0.4 is 4.74 Å². The summed E-state index contributed by atoms with van der Waals surface area (Å²) < 4.78 is 31.8. The normalized spacial score (nSPS) is 10.3. The summed E-state index contributed by atoms with van der Waals surface area (Å²) in [5.41, 5.74) is -0.607. The predicted octanol–water partition coefficient (Wildman–Crippen LogP) is 3.82. The number of rotatable bonds is 3. The Labute approximate surface area is 114 Å². The van der Waals surface area contributed by atoms with E-state index in [1.807, 2.05) is 0 Å². The molecule has 0 bridgehead atoms. The van der Waals surface area contributed by atoms with Gasteiger partial charge in [-0.2, -0.15) is 0 Å². The van der Waals surface area contributed by atoms with Crippen molar-refractivity contribution in [2.45, 2.75) is 0 Å². The van der Waals surface area contributed by atoms with Crippen molar-refractivity contribution >= 4 is 21.6 Å². The molecule has 1 aromatic heterocycles. The van der Waals surface area contributed by atoms with E-state index in [0.717, 1.165) is 18.2 Å². The molecule has 19 heavy (non-hydrogen) atoms. The van der Waals surface area contributed by atoms with Gasteiger partial charge in [-0.3, -0.25) is 10.1 Å². The average Bonchev–Trinajstić information content (AvgIpc) is 2.34. The third-order valence-corrected chi connectivity index (χ3v) is 2.53. The van der Waals surface area contributed by atoms with E-state index in [2.05, 4.69) is 20.9 Å². The summed E-state index contributed by atoms with van der Waals surface area (Å²) in [6.45, 7) is 0. The highest BCUT2D eigenvalue weighted by Crippen LogP contribution is 2.32. The highest BCUT2D eigenvalue weighted by atomic mass is 79.9. The van der Waals surface area contributed by atoms with Crippen molar-refractivity contribution in [1.82, 2.24) is 4.98 Å². The second kappa shape index (κ2) is 5.27. The van der Waals surface area contributed by atoms with Crippen molar-refractivity contribution in [3.05, 3.63) is 56.7 Å². The molecule has 0 aliphatic heterocycles. The summed E-state index contributed by atoms with van der Waals surface area (Å²) in [5, 5.41) is 10.7. The maximum Gasteiger partial charge on any atom is 0.314 e. The maximum atomic E-state index is 13.5. The first-order valence-electron chi connectivity index (χ1n) is 4.90. The minimum atomic E-state index is -0.824. The topological polar surface area (TPSA) is 65.3 Å². The first-order valence-corrected chi connectivity index (χ1v) is 5.69. The summed E-state index contributed by atoms with van der Waals surface area (Å²) in [4.78, 5) is 13.6. The van der Waals surface area contributed by atoms with Crippen LogP contribution in [0.2, 0.25) is 0 Å². The molecule has 0 spiro atoms. The van der Waals surface area contributed by atoms with Crippen molar-refractivity contribution in [3.63, 3.8) is 0 Å². The van der Waals surface area contributed by atoms with Crippen LogP contribution >= 0.6 is 15.9 Å². The monoisotopic (exact) mass is 330 g/mol. The molecule has 1 heterocycles. The number of benzene rings is 1. The van der Waals surface area contributed by atoms with Crippen molar-refractivity contribution in [3.8, 4) is 11.6 Å². The summed E-state index contributed by atoms with van der Waals surface area (Å²) in [6, 6.07) is 3.79. The van der Waals surface area contributed by atoms with Gasteiger partial charge in [-0.15, -0.1) is 0 Å². The first kappa shape index (κ1) is 13.3. The molecule has 0 N–H and O–H groups in total. The fraction of sp³-hybridized carbons (Fsp3) is 0. The van der Waals surface area contributed by atoms with Crippen molar-refractivity contribution in [2.75, 3.05) is 0 Å². The molecule has 0 aliphatic carbocycles. The minimum Gasteiger partial charge on any atom is -0.429 e. The molecule has 0 saturated carbocycles. The van der Waals surface area contributed by atoms with Gasteiger partial charge in [0, 0.05) is 10.7 Å². The van der Waals surface area contributed by atoms with E-state index in [9.17, 15) is 18.9 Å². The summed E-state index contributed by atoms with van der Waals surface area (Å²) >= 11 is 3.01. The van der Waals surface area contributed by atoms with E-state index < -0.39 is 28.1 Å². The van der Waals surface area contributed by atoms with E-state index in [0.29, 0.717) is 10.5 Å². The number of aromatic nitrogens is 1. The van der Waals surface area contributed by atoms with Gasteiger partial charge in [0.1, 0.15) is 5.82 Å². The zero-order chi connectivity index (χ0) is 14.0. The quantitative estimate of drug-likeness (QED) is 0.633. The second-order valence-corrected chi connectivity index (χ2v) is 4.33. The molecule has 2 aromatic rings. The smallest absolute Gasteiger partial charge is 0.314 e. The maximum absolute atomic E-state index is 13.5. The van der Waals surface area contributed by atoms with Gasteiger partial charge >= 0.3 is 5.69 Å². The number of ether oxygens (including phenoxy) is 1. The zero-order valence-corrected chi connectivity index (χ0v) is 10.7. The fourth-order valence-corrected chi connectivity index (χ4v) is 1.60. The molecular weight excluding hydrogens is 326 g/mol. The molecule has 2 rings (SSSR count). The van der Waals surface area contributed by atoms with Crippen molar-refractivity contribution in [2.24, 2.45) is 0 Å². The Morgan fingerprint density at radius 2 is 2.05 bits per heavy atom. The molecule has 5 nitrogen and oxygen atoms in total. The summed E-state index contributed by atoms with van der Waals surface area (Å²) in [5.74, 6) is -2.31. The number of pyridine rings is 1.